The van der Waals surface area contributed by atoms with Gasteiger partial charge in [0.25, 0.3) is 0 Å². The summed E-state index contributed by atoms with van der Waals surface area (Å²) in [6.45, 7) is 2.88. The van der Waals surface area contributed by atoms with Crippen LogP contribution in [-0.4, -0.2) is 35.8 Å². The molecule has 0 aromatic heterocycles. The maximum atomic E-state index is 12.4. The zero-order valence-electron chi connectivity index (χ0n) is 11.3. The van der Waals surface area contributed by atoms with Gasteiger partial charge in [-0.2, -0.15) is 0 Å². The zero-order chi connectivity index (χ0) is 13.9. The van der Waals surface area contributed by atoms with Crippen molar-refractivity contribution in [2.24, 2.45) is 0 Å². The highest BCUT2D eigenvalue weighted by Gasteiger charge is 2.41. The quantitative estimate of drug-likeness (QED) is 0.617. The van der Waals surface area contributed by atoms with E-state index in [1.165, 1.54) is 0 Å². The molecule has 0 radical (unpaired) electrons. The fraction of sp³-hybridized carbons (Fsp3) is 0.769. The number of carbonyl (C=O) groups excluding carboxylic acids is 3. The Morgan fingerprint density at radius 1 is 1.47 bits per heavy atom. The molecule has 0 aromatic carbocycles. The first-order valence-corrected chi connectivity index (χ1v) is 6.97. The van der Waals surface area contributed by atoms with E-state index < -0.39 is 17.5 Å². The Kier molecular flexibility index (Phi) is 4.19. The molecule has 2 heterocycles. The summed E-state index contributed by atoms with van der Waals surface area (Å²) in [5, 5.41) is 8.32. The minimum atomic E-state index is -0.582. The summed E-state index contributed by atoms with van der Waals surface area (Å²) in [4.78, 5) is 35.1. The molecule has 0 bridgehead atoms. The third kappa shape index (κ3) is 2.94. The maximum Gasteiger partial charge on any atom is 0.249 e. The van der Waals surface area contributed by atoms with Gasteiger partial charge in [0, 0.05) is 6.42 Å². The molecule has 6 nitrogen and oxygen atoms in total. The predicted octanol–water partition coefficient (Wildman–Crippen LogP) is -0.170. The lowest BCUT2D eigenvalue weighted by Crippen LogP contribution is -2.60. The highest BCUT2D eigenvalue weighted by Crippen LogP contribution is 2.25. The summed E-state index contributed by atoms with van der Waals surface area (Å²) in [6.07, 6.45) is 4.13. The Bertz CT molecular complexity index is 389. The molecule has 2 aliphatic rings. The second kappa shape index (κ2) is 5.69. The van der Waals surface area contributed by atoms with E-state index in [9.17, 15) is 14.4 Å². The van der Waals surface area contributed by atoms with E-state index in [4.69, 9.17) is 0 Å². The fourth-order valence-corrected chi connectivity index (χ4v) is 2.88. The van der Waals surface area contributed by atoms with Gasteiger partial charge in [-0.25, -0.2) is 0 Å². The highest BCUT2D eigenvalue weighted by atomic mass is 16.2. The van der Waals surface area contributed by atoms with Gasteiger partial charge in [0.1, 0.15) is 6.04 Å². The third-order valence-electron chi connectivity index (χ3n) is 3.90. The average molecular weight is 267 g/mol. The molecule has 2 rings (SSSR count). The van der Waals surface area contributed by atoms with Gasteiger partial charge in [-0.1, -0.05) is 13.3 Å². The van der Waals surface area contributed by atoms with Crippen molar-refractivity contribution < 1.29 is 14.4 Å². The van der Waals surface area contributed by atoms with Gasteiger partial charge in [-0.15, -0.1) is 0 Å². The van der Waals surface area contributed by atoms with Gasteiger partial charge in [0.15, 0.2) is 0 Å². The summed E-state index contributed by atoms with van der Waals surface area (Å²) in [7, 11) is 0. The number of rotatable bonds is 4. The molecule has 6 heteroatoms. The number of carbonyl (C=O) groups is 3. The van der Waals surface area contributed by atoms with Crippen molar-refractivity contribution in [3.8, 4) is 0 Å². The van der Waals surface area contributed by atoms with Crippen LogP contribution in [0.15, 0.2) is 0 Å². The molecule has 3 N–H and O–H groups in total. The number of hydrogen-bond donors (Lipinski definition) is 3. The molecule has 106 valence electrons. The number of imide groups is 1. The lowest BCUT2D eigenvalue weighted by Gasteiger charge is -2.31. The fourth-order valence-electron chi connectivity index (χ4n) is 2.88. The van der Waals surface area contributed by atoms with E-state index in [2.05, 4.69) is 16.0 Å². The number of piperidine rings is 1. The van der Waals surface area contributed by atoms with Crippen LogP contribution in [-0.2, 0) is 14.4 Å². The molecule has 2 aliphatic heterocycles. The Morgan fingerprint density at radius 3 is 2.84 bits per heavy atom. The molecule has 19 heavy (non-hydrogen) atoms. The van der Waals surface area contributed by atoms with Crippen LogP contribution in [0.2, 0.25) is 0 Å². The second-order valence-corrected chi connectivity index (χ2v) is 5.34. The molecule has 2 saturated heterocycles. The smallest absolute Gasteiger partial charge is 0.249 e. The molecule has 0 aliphatic carbocycles. The van der Waals surface area contributed by atoms with Crippen molar-refractivity contribution in [1.82, 2.24) is 16.0 Å². The minimum absolute atomic E-state index is 0.110. The summed E-state index contributed by atoms with van der Waals surface area (Å²) < 4.78 is 0. The van der Waals surface area contributed by atoms with Gasteiger partial charge in [-0.3, -0.25) is 19.7 Å². The Morgan fingerprint density at radius 2 is 2.26 bits per heavy atom. The van der Waals surface area contributed by atoms with Crippen LogP contribution in [0.4, 0.5) is 0 Å². The van der Waals surface area contributed by atoms with Crippen LogP contribution in [0.25, 0.3) is 0 Å². The topological polar surface area (TPSA) is 87.3 Å². The molecule has 0 aromatic rings. The van der Waals surface area contributed by atoms with Crippen molar-refractivity contribution >= 4 is 17.7 Å². The SMILES string of the molecule is CCCC1(C(=O)NC2CCC(=O)NC2=O)CCCN1. The van der Waals surface area contributed by atoms with E-state index in [0.717, 1.165) is 32.2 Å². The molecule has 0 saturated carbocycles. The van der Waals surface area contributed by atoms with Crippen molar-refractivity contribution in [1.29, 1.82) is 0 Å². The van der Waals surface area contributed by atoms with Crippen molar-refractivity contribution in [3.63, 3.8) is 0 Å². The molecule has 0 spiro atoms. The summed E-state index contributed by atoms with van der Waals surface area (Å²) in [5.74, 6) is -0.770. The van der Waals surface area contributed by atoms with E-state index >= 15 is 0 Å². The first kappa shape index (κ1) is 14.0. The van der Waals surface area contributed by atoms with E-state index in [-0.39, 0.29) is 18.2 Å². The monoisotopic (exact) mass is 267 g/mol. The minimum Gasteiger partial charge on any atom is -0.343 e. The Hall–Kier alpha value is -1.43. The van der Waals surface area contributed by atoms with Crippen molar-refractivity contribution in [2.75, 3.05) is 6.54 Å². The van der Waals surface area contributed by atoms with Crippen LogP contribution in [0, 0.1) is 0 Å². The summed E-state index contributed by atoms with van der Waals surface area (Å²) in [6, 6.07) is -0.582. The number of amides is 3. The standard InChI is InChI=1S/C13H21N3O3/c1-2-6-13(7-3-8-14-13)12(19)15-9-4-5-10(17)16-11(9)18/h9,14H,2-8H2,1H3,(H,15,19)(H,16,17,18). The Balaban J connectivity index is 1.99. The normalized spacial score (nSPS) is 31.1. The second-order valence-electron chi connectivity index (χ2n) is 5.34. The lowest BCUT2D eigenvalue weighted by atomic mass is 9.90. The predicted molar refractivity (Wildman–Crippen MR) is 69.2 cm³/mol. The Labute approximate surface area is 112 Å². The first-order chi connectivity index (χ1) is 9.07. The highest BCUT2D eigenvalue weighted by molar-refractivity contribution is 6.02. The summed E-state index contributed by atoms with van der Waals surface area (Å²) >= 11 is 0. The number of hydrogen-bond acceptors (Lipinski definition) is 4. The van der Waals surface area contributed by atoms with E-state index in [0.29, 0.717) is 6.42 Å². The van der Waals surface area contributed by atoms with Crippen LogP contribution in [0.1, 0.15) is 45.4 Å². The van der Waals surface area contributed by atoms with Gasteiger partial charge >= 0.3 is 0 Å². The van der Waals surface area contributed by atoms with Gasteiger partial charge in [-0.05, 0) is 32.2 Å². The molecule has 2 unspecified atom stereocenters. The zero-order valence-corrected chi connectivity index (χ0v) is 11.3. The first-order valence-electron chi connectivity index (χ1n) is 6.97. The van der Waals surface area contributed by atoms with E-state index in [1.807, 2.05) is 6.92 Å². The molecule has 3 amide bonds. The van der Waals surface area contributed by atoms with Gasteiger partial charge in [0.2, 0.25) is 17.7 Å². The maximum absolute atomic E-state index is 12.4. The van der Waals surface area contributed by atoms with Crippen molar-refractivity contribution in [3.05, 3.63) is 0 Å². The lowest BCUT2D eigenvalue weighted by molar-refractivity contribution is -0.138. The van der Waals surface area contributed by atoms with Crippen LogP contribution < -0.4 is 16.0 Å². The van der Waals surface area contributed by atoms with Crippen LogP contribution in [0.3, 0.4) is 0 Å². The molecular weight excluding hydrogens is 246 g/mol. The van der Waals surface area contributed by atoms with Gasteiger partial charge < -0.3 is 10.6 Å². The van der Waals surface area contributed by atoms with E-state index in [1.54, 1.807) is 0 Å². The largest absolute Gasteiger partial charge is 0.343 e. The number of nitrogens with one attached hydrogen (secondary N) is 3. The van der Waals surface area contributed by atoms with Crippen LogP contribution in [0.5, 0.6) is 0 Å². The van der Waals surface area contributed by atoms with Crippen molar-refractivity contribution in [2.45, 2.75) is 57.0 Å². The third-order valence-corrected chi connectivity index (χ3v) is 3.90. The van der Waals surface area contributed by atoms with Crippen LogP contribution >= 0.6 is 0 Å². The summed E-state index contributed by atoms with van der Waals surface area (Å²) in [5.41, 5.74) is -0.531. The molecular formula is C13H21N3O3. The molecule has 2 fully saturated rings. The average Bonchev–Trinajstić information content (AvgIpc) is 2.83. The van der Waals surface area contributed by atoms with Gasteiger partial charge in [0.05, 0.1) is 5.54 Å². The molecule has 2 atom stereocenters.